The topological polar surface area (TPSA) is 63.8 Å². The summed E-state index contributed by atoms with van der Waals surface area (Å²) in [6.45, 7) is 0. The highest BCUT2D eigenvalue weighted by molar-refractivity contribution is 5.54. The third-order valence-corrected chi connectivity index (χ3v) is 2.91. The van der Waals surface area contributed by atoms with Crippen LogP contribution in [0, 0.1) is 0 Å². The Morgan fingerprint density at radius 2 is 1.94 bits per heavy atom. The predicted octanol–water partition coefficient (Wildman–Crippen LogP) is 0.858. The van der Waals surface area contributed by atoms with Crippen molar-refractivity contribution in [3.05, 3.63) is 29.8 Å². The Bertz CT molecular complexity index is 513. The molecule has 2 aromatic rings. The van der Waals surface area contributed by atoms with Crippen LogP contribution in [0.4, 0.5) is 0 Å². The van der Waals surface area contributed by atoms with E-state index in [1.54, 1.807) is 7.05 Å². The van der Waals surface area contributed by atoms with Crippen molar-refractivity contribution < 1.29 is 5.11 Å². The van der Waals surface area contributed by atoms with Gasteiger partial charge in [-0.2, -0.15) is 4.80 Å². The molecule has 5 heteroatoms. The summed E-state index contributed by atoms with van der Waals surface area (Å²) in [6, 6.07) is 7.70. The largest absolute Gasteiger partial charge is 0.385 e. The van der Waals surface area contributed by atoms with E-state index in [4.69, 9.17) is 0 Å². The van der Waals surface area contributed by atoms with Gasteiger partial charge in [-0.05, 0) is 23.6 Å². The van der Waals surface area contributed by atoms with E-state index in [-0.39, 0.29) is 0 Å². The van der Waals surface area contributed by atoms with Crippen LogP contribution in [0.1, 0.15) is 18.4 Å². The molecule has 0 amide bonds. The maximum atomic E-state index is 9.92. The number of hydrogen-bond acceptors (Lipinski definition) is 4. The molecule has 1 fully saturated rings. The Hall–Kier alpha value is -1.75. The van der Waals surface area contributed by atoms with Crippen molar-refractivity contribution in [3.63, 3.8) is 0 Å². The van der Waals surface area contributed by atoms with Gasteiger partial charge >= 0.3 is 0 Å². The Labute approximate surface area is 92.7 Å². The molecule has 16 heavy (non-hydrogen) atoms. The van der Waals surface area contributed by atoms with Crippen LogP contribution < -0.4 is 0 Å². The van der Waals surface area contributed by atoms with Gasteiger partial charge < -0.3 is 5.11 Å². The van der Waals surface area contributed by atoms with E-state index < -0.39 is 5.60 Å². The van der Waals surface area contributed by atoms with Gasteiger partial charge in [0, 0.05) is 5.56 Å². The highest BCUT2D eigenvalue weighted by Gasteiger charge is 2.41. The molecule has 1 aliphatic carbocycles. The van der Waals surface area contributed by atoms with Gasteiger partial charge in [-0.1, -0.05) is 24.3 Å². The highest BCUT2D eigenvalue weighted by atomic mass is 16.3. The van der Waals surface area contributed by atoms with Crippen LogP contribution in [0.5, 0.6) is 0 Å². The minimum absolute atomic E-state index is 0.575. The van der Waals surface area contributed by atoms with Crippen molar-refractivity contribution in [1.29, 1.82) is 0 Å². The molecular weight excluding hydrogens is 204 g/mol. The first-order valence-electron chi connectivity index (χ1n) is 5.25. The number of aromatic nitrogens is 4. The van der Waals surface area contributed by atoms with Gasteiger partial charge in [-0.3, -0.25) is 0 Å². The summed E-state index contributed by atoms with van der Waals surface area (Å²) in [7, 11) is 1.73. The van der Waals surface area contributed by atoms with Gasteiger partial charge in [-0.25, -0.2) is 0 Å². The molecule has 5 nitrogen and oxygen atoms in total. The van der Waals surface area contributed by atoms with Gasteiger partial charge in [0.1, 0.15) is 0 Å². The van der Waals surface area contributed by atoms with Gasteiger partial charge in [-0.15, -0.1) is 10.2 Å². The van der Waals surface area contributed by atoms with E-state index in [1.807, 2.05) is 24.3 Å². The quantitative estimate of drug-likeness (QED) is 0.808. The van der Waals surface area contributed by atoms with Gasteiger partial charge in [0.2, 0.25) is 5.82 Å². The number of hydrogen-bond donors (Lipinski definition) is 1. The maximum Gasteiger partial charge on any atom is 0.204 e. The molecule has 82 valence electrons. The van der Waals surface area contributed by atoms with E-state index in [1.165, 1.54) is 4.80 Å². The van der Waals surface area contributed by atoms with Crippen molar-refractivity contribution in [2.75, 3.05) is 0 Å². The molecule has 0 radical (unpaired) electrons. The molecule has 0 saturated heterocycles. The molecule has 1 aliphatic rings. The normalized spacial score (nSPS) is 17.4. The van der Waals surface area contributed by atoms with Crippen LogP contribution in [-0.4, -0.2) is 25.3 Å². The van der Waals surface area contributed by atoms with Crippen LogP contribution in [0.2, 0.25) is 0 Å². The molecule has 1 heterocycles. The van der Waals surface area contributed by atoms with Crippen LogP contribution in [0.25, 0.3) is 11.4 Å². The first kappa shape index (κ1) is 9.47. The van der Waals surface area contributed by atoms with Crippen LogP contribution in [-0.2, 0) is 12.6 Å². The fourth-order valence-electron chi connectivity index (χ4n) is 1.74. The second kappa shape index (κ2) is 3.12. The third kappa shape index (κ3) is 1.49. The van der Waals surface area contributed by atoms with Crippen molar-refractivity contribution in [2.24, 2.45) is 7.05 Å². The Morgan fingerprint density at radius 3 is 2.44 bits per heavy atom. The lowest BCUT2D eigenvalue weighted by Gasteiger charge is -2.07. The smallest absolute Gasteiger partial charge is 0.204 e. The van der Waals surface area contributed by atoms with Crippen LogP contribution in [0.3, 0.4) is 0 Å². The average molecular weight is 216 g/mol. The highest BCUT2D eigenvalue weighted by Crippen LogP contribution is 2.45. The molecule has 0 spiro atoms. The SMILES string of the molecule is Cn1nnc(-c2ccc(C3(O)CC3)cc2)n1. The van der Waals surface area contributed by atoms with Crippen molar-refractivity contribution in [2.45, 2.75) is 18.4 Å². The number of tetrazole rings is 1. The van der Waals surface area contributed by atoms with Gasteiger partial charge in [0.25, 0.3) is 0 Å². The molecule has 1 aromatic heterocycles. The zero-order valence-corrected chi connectivity index (χ0v) is 8.96. The summed E-state index contributed by atoms with van der Waals surface area (Å²) >= 11 is 0. The molecule has 0 bridgehead atoms. The first-order chi connectivity index (χ1) is 7.67. The van der Waals surface area contributed by atoms with E-state index in [2.05, 4.69) is 15.4 Å². The average Bonchev–Trinajstić information content (AvgIpc) is 2.89. The number of benzene rings is 1. The maximum absolute atomic E-state index is 9.92. The second-order valence-electron chi connectivity index (χ2n) is 4.21. The van der Waals surface area contributed by atoms with Gasteiger partial charge in [0.05, 0.1) is 12.6 Å². The predicted molar refractivity (Wildman–Crippen MR) is 57.4 cm³/mol. The zero-order valence-electron chi connectivity index (χ0n) is 8.96. The van der Waals surface area contributed by atoms with Crippen molar-refractivity contribution in [3.8, 4) is 11.4 Å². The molecule has 0 unspecified atom stereocenters. The van der Waals surface area contributed by atoms with Crippen LogP contribution in [0.15, 0.2) is 24.3 Å². The molecule has 0 aliphatic heterocycles. The third-order valence-electron chi connectivity index (χ3n) is 2.91. The van der Waals surface area contributed by atoms with E-state index >= 15 is 0 Å². The van der Waals surface area contributed by atoms with E-state index in [9.17, 15) is 5.11 Å². The van der Waals surface area contributed by atoms with E-state index in [0.29, 0.717) is 5.82 Å². The zero-order chi connectivity index (χ0) is 11.2. The molecular formula is C11H12N4O. The molecule has 3 rings (SSSR count). The number of rotatable bonds is 2. The fraction of sp³-hybridized carbons (Fsp3) is 0.364. The Morgan fingerprint density at radius 1 is 1.25 bits per heavy atom. The van der Waals surface area contributed by atoms with Crippen molar-refractivity contribution >= 4 is 0 Å². The number of aliphatic hydroxyl groups is 1. The number of aryl methyl sites for hydroxylation is 1. The van der Waals surface area contributed by atoms with Gasteiger partial charge in [0.15, 0.2) is 0 Å². The summed E-state index contributed by atoms with van der Waals surface area (Å²) in [5.74, 6) is 0.608. The summed E-state index contributed by atoms with van der Waals surface area (Å²) in [6.07, 6.45) is 1.71. The molecule has 1 saturated carbocycles. The summed E-state index contributed by atoms with van der Waals surface area (Å²) < 4.78 is 0. The molecule has 0 atom stereocenters. The fourth-order valence-corrected chi connectivity index (χ4v) is 1.74. The summed E-state index contributed by atoms with van der Waals surface area (Å²) in [4.78, 5) is 1.43. The monoisotopic (exact) mass is 216 g/mol. The lowest BCUT2D eigenvalue weighted by molar-refractivity contribution is 0.151. The molecule has 1 aromatic carbocycles. The first-order valence-corrected chi connectivity index (χ1v) is 5.25. The number of nitrogens with zero attached hydrogens (tertiary/aromatic N) is 4. The minimum Gasteiger partial charge on any atom is -0.385 e. The summed E-state index contributed by atoms with van der Waals surface area (Å²) in [5.41, 5.74) is 1.31. The lowest BCUT2D eigenvalue weighted by atomic mass is 10.1. The molecule has 1 N–H and O–H groups in total. The Balaban J connectivity index is 1.93. The van der Waals surface area contributed by atoms with Crippen LogP contribution >= 0.6 is 0 Å². The second-order valence-corrected chi connectivity index (χ2v) is 4.21. The standard InChI is InChI=1S/C11H12N4O/c1-15-13-10(12-14-15)8-2-4-9(5-3-8)11(16)6-7-11/h2-5,16H,6-7H2,1H3. The summed E-state index contributed by atoms with van der Waals surface area (Å²) in [5, 5.41) is 21.8. The Kier molecular flexibility index (Phi) is 1.85. The minimum atomic E-state index is -0.575. The lowest BCUT2D eigenvalue weighted by Crippen LogP contribution is -2.03. The van der Waals surface area contributed by atoms with E-state index in [0.717, 1.165) is 24.0 Å². The van der Waals surface area contributed by atoms with Crippen molar-refractivity contribution in [1.82, 2.24) is 20.2 Å².